The maximum atomic E-state index is 12.5. The van der Waals surface area contributed by atoms with E-state index in [0.29, 0.717) is 17.1 Å². The van der Waals surface area contributed by atoms with Crippen LogP contribution in [0.2, 0.25) is 0 Å². The highest BCUT2D eigenvalue weighted by Gasteiger charge is 2.16. The first-order valence-electron chi connectivity index (χ1n) is 7.92. The maximum absolute atomic E-state index is 12.5. The first-order chi connectivity index (χ1) is 11.5. The van der Waals surface area contributed by atoms with Gasteiger partial charge in [-0.1, -0.05) is 56.3 Å². The second-order valence-electron chi connectivity index (χ2n) is 5.98. The zero-order valence-electron chi connectivity index (χ0n) is 14.1. The lowest BCUT2D eigenvalue weighted by atomic mass is 10.0. The molecule has 0 bridgehead atoms. The summed E-state index contributed by atoms with van der Waals surface area (Å²) < 4.78 is 5.75. The van der Waals surface area contributed by atoms with E-state index in [0.717, 1.165) is 11.3 Å². The summed E-state index contributed by atoms with van der Waals surface area (Å²) in [5.41, 5.74) is 3.44. The predicted molar refractivity (Wildman–Crippen MR) is 97.0 cm³/mol. The van der Waals surface area contributed by atoms with Gasteiger partial charge in [0.1, 0.15) is 11.5 Å². The van der Waals surface area contributed by atoms with Crippen molar-refractivity contribution in [1.82, 2.24) is 0 Å². The van der Waals surface area contributed by atoms with E-state index in [-0.39, 0.29) is 5.91 Å². The summed E-state index contributed by atoms with van der Waals surface area (Å²) in [7, 11) is 0. The van der Waals surface area contributed by atoms with Gasteiger partial charge in [0.05, 0.1) is 5.56 Å². The van der Waals surface area contributed by atoms with E-state index in [1.807, 2.05) is 54.6 Å². The van der Waals surface area contributed by atoms with Crippen LogP contribution in [0.25, 0.3) is 11.3 Å². The summed E-state index contributed by atoms with van der Waals surface area (Å²) in [6, 6.07) is 19.4. The van der Waals surface area contributed by atoms with Crippen LogP contribution < -0.4 is 5.32 Å². The van der Waals surface area contributed by atoms with Gasteiger partial charge in [-0.25, -0.2) is 0 Å². The van der Waals surface area contributed by atoms with E-state index in [2.05, 4.69) is 19.2 Å². The zero-order chi connectivity index (χ0) is 17.1. The summed E-state index contributed by atoms with van der Waals surface area (Å²) in [5, 5.41) is 2.92. The highest BCUT2D eigenvalue weighted by Crippen LogP contribution is 2.26. The van der Waals surface area contributed by atoms with Crippen LogP contribution in [0.4, 0.5) is 5.69 Å². The average Bonchev–Trinajstić information content (AvgIpc) is 2.98. The molecule has 0 aliphatic carbocycles. The second kappa shape index (κ2) is 6.75. The van der Waals surface area contributed by atoms with E-state index in [9.17, 15) is 4.79 Å². The van der Waals surface area contributed by atoms with Crippen molar-refractivity contribution < 1.29 is 9.21 Å². The third-order valence-electron chi connectivity index (χ3n) is 3.94. The molecule has 0 aliphatic rings. The molecule has 1 aromatic heterocycles. The normalized spacial score (nSPS) is 10.8. The van der Waals surface area contributed by atoms with Gasteiger partial charge in [-0.05, 0) is 36.6 Å². The van der Waals surface area contributed by atoms with Gasteiger partial charge in [-0.15, -0.1) is 0 Å². The Labute approximate surface area is 142 Å². The fourth-order valence-corrected chi connectivity index (χ4v) is 2.54. The van der Waals surface area contributed by atoms with E-state index in [4.69, 9.17) is 4.42 Å². The number of nitrogens with one attached hydrogen (secondary N) is 1. The van der Waals surface area contributed by atoms with Crippen molar-refractivity contribution in [1.29, 1.82) is 0 Å². The molecule has 1 heterocycles. The Morgan fingerprint density at radius 1 is 0.958 bits per heavy atom. The number of anilines is 1. The highest BCUT2D eigenvalue weighted by molar-refractivity contribution is 6.05. The van der Waals surface area contributed by atoms with Gasteiger partial charge in [-0.3, -0.25) is 4.79 Å². The minimum Gasteiger partial charge on any atom is -0.461 e. The molecule has 3 aromatic rings. The average molecular weight is 318 g/mol. The number of aryl methyl sites for hydroxylation is 1. The Bertz CT molecular complexity index is 830. The number of hydrogen-bond donors (Lipinski definition) is 1. The Morgan fingerprint density at radius 3 is 2.25 bits per heavy atom. The molecular weight excluding hydrogens is 298 g/mol. The quantitative estimate of drug-likeness (QED) is 0.693. The van der Waals surface area contributed by atoms with Gasteiger partial charge >= 0.3 is 0 Å². The van der Waals surface area contributed by atoms with Crippen LogP contribution in [-0.4, -0.2) is 5.91 Å². The Kier molecular flexibility index (Phi) is 4.52. The number of benzene rings is 2. The number of carbonyl (C=O) groups is 1. The van der Waals surface area contributed by atoms with E-state index < -0.39 is 0 Å². The SMILES string of the molecule is C[C](C)c1ccc(NC(=O)c2cc(-c3ccccc3)oc2C)cc1. The molecule has 0 saturated carbocycles. The standard InChI is InChI=1S/C21H20NO2/c1-14(2)16-9-11-18(12-10-16)22-21(23)19-13-20(24-15(19)3)17-7-5-4-6-8-17/h4-13H,1-3H3,(H,22,23). The number of carbonyl (C=O) groups excluding carboxylic acids is 1. The van der Waals surface area contributed by atoms with Crippen molar-refractivity contribution in [3.05, 3.63) is 83.5 Å². The van der Waals surface area contributed by atoms with Gasteiger partial charge in [-0.2, -0.15) is 0 Å². The molecule has 3 rings (SSSR count). The molecule has 0 saturated heterocycles. The molecule has 0 unspecified atom stereocenters. The lowest BCUT2D eigenvalue weighted by Gasteiger charge is -2.07. The summed E-state index contributed by atoms with van der Waals surface area (Å²) >= 11 is 0. The van der Waals surface area contributed by atoms with Gasteiger partial charge < -0.3 is 9.73 Å². The van der Waals surface area contributed by atoms with E-state index in [1.54, 1.807) is 13.0 Å². The van der Waals surface area contributed by atoms with Crippen LogP contribution in [0.3, 0.4) is 0 Å². The van der Waals surface area contributed by atoms with Crippen molar-refractivity contribution in [3.8, 4) is 11.3 Å². The van der Waals surface area contributed by atoms with Crippen molar-refractivity contribution in [3.63, 3.8) is 0 Å². The molecule has 0 aliphatic heterocycles. The number of rotatable bonds is 4. The first kappa shape index (κ1) is 16.1. The van der Waals surface area contributed by atoms with Crippen LogP contribution in [0.1, 0.15) is 35.5 Å². The summed E-state index contributed by atoms with van der Waals surface area (Å²) in [5.74, 6) is 2.39. The van der Waals surface area contributed by atoms with Gasteiger partial charge in [0, 0.05) is 11.3 Å². The van der Waals surface area contributed by atoms with Gasteiger partial charge in [0.15, 0.2) is 0 Å². The van der Waals surface area contributed by atoms with Crippen LogP contribution in [0.5, 0.6) is 0 Å². The van der Waals surface area contributed by atoms with Crippen LogP contribution in [0, 0.1) is 12.8 Å². The minimum atomic E-state index is -0.164. The molecule has 0 spiro atoms. The molecule has 1 radical (unpaired) electrons. The van der Waals surface area contributed by atoms with Crippen molar-refractivity contribution in [2.75, 3.05) is 5.32 Å². The van der Waals surface area contributed by atoms with Crippen molar-refractivity contribution >= 4 is 11.6 Å². The topological polar surface area (TPSA) is 42.2 Å². The van der Waals surface area contributed by atoms with Crippen molar-refractivity contribution in [2.45, 2.75) is 20.8 Å². The number of amides is 1. The van der Waals surface area contributed by atoms with Gasteiger partial charge in [0.25, 0.3) is 5.91 Å². The zero-order valence-corrected chi connectivity index (χ0v) is 14.1. The first-order valence-corrected chi connectivity index (χ1v) is 7.92. The molecule has 121 valence electrons. The lowest BCUT2D eigenvalue weighted by Crippen LogP contribution is -2.12. The molecule has 24 heavy (non-hydrogen) atoms. The third kappa shape index (κ3) is 3.40. The molecule has 3 nitrogen and oxygen atoms in total. The van der Waals surface area contributed by atoms with Crippen molar-refractivity contribution in [2.24, 2.45) is 0 Å². The monoisotopic (exact) mass is 318 g/mol. The lowest BCUT2D eigenvalue weighted by molar-refractivity contribution is 0.102. The smallest absolute Gasteiger partial charge is 0.259 e. The molecule has 0 fully saturated rings. The summed E-state index contributed by atoms with van der Waals surface area (Å²) in [6.07, 6.45) is 0. The largest absolute Gasteiger partial charge is 0.461 e. The van der Waals surface area contributed by atoms with Crippen LogP contribution in [-0.2, 0) is 0 Å². The predicted octanol–water partition coefficient (Wildman–Crippen LogP) is 5.47. The molecular formula is C21H20NO2. The fraction of sp³-hybridized carbons (Fsp3) is 0.143. The Hall–Kier alpha value is -2.81. The van der Waals surface area contributed by atoms with Crippen LogP contribution >= 0.6 is 0 Å². The molecule has 3 heteroatoms. The summed E-state index contributed by atoms with van der Waals surface area (Å²) in [6.45, 7) is 5.93. The molecule has 1 amide bonds. The molecule has 2 aromatic carbocycles. The number of furan rings is 1. The third-order valence-corrected chi connectivity index (χ3v) is 3.94. The highest BCUT2D eigenvalue weighted by atomic mass is 16.3. The second-order valence-corrected chi connectivity index (χ2v) is 5.98. The molecule has 1 N–H and O–H groups in total. The van der Waals surface area contributed by atoms with E-state index in [1.165, 1.54) is 11.5 Å². The molecule has 0 atom stereocenters. The van der Waals surface area contributed by atoms with Gasteiger partial charge in [0.2, 0.25) is 0 Å². The minimum absolute atomic E-state index is 0.164. The summed E-state index contributed by atoms with van der Waals surface area (Å²) in [4.78, 5) is 12.5. The maximum Gasteiger partial charge on any atom is 0.259 e. The van der Waals surface area contributed by atoms with Crippen LogP contribution in [0.15, 0.2) is 65.1 Å². The fourth-order valence-electron chi connectivity index (χ4n) is 2.54. The Morgan fingerprint density at radius 2 is 1.62 bits per heavy atom. The Balaban J connectivity index is 1.79. The number of hydrogen-bond acceptors (Lipinski definition) is 2. The van der Waals surface area contributed by atoms with E-state index >= 15 is 0 Å².